The minimum Gasteiger partial charge on any atom is -0.320 e. The van der Waals surface area contributed by atoms with E-state index in [0.717, 1.165) is 23.8 Å². The molecule has 1 unspecified atom stereocenters. The van der Waals surface area contributed by atoms with Gasteiger partial charge in [0.1, 0.15) is 5.01 Å². The zero-order valence-electron chi connectivity index (χ0n) is 10.5. The zero-order valence-corrected chi connectivity index (χ0v) is 11.4. The standard InChI is InChI=1S/C13H22N2S/c1-9(2)7-8-13(3,14)12-15-10-5-4-6-11(10)16-12/h9H,4-8,14H2,1-3H3. The zero-order chi connectivity index (χ0) is 11.8. The van der Waals surface area contributed by atoms with Crippen LogP contribution in [0.4, 0.5) is 0 Å². The van der Waals surface area contributed by atoms with E-state index in [9.17, 15) is 0 Å². The lowest BCUT2D eigenvalue weighted by molar-refractivity contribution is 0.394. The maximum Gasteiger partial charge on any atom is 0.113 e. The molecule has 90 valence electrons. The molecule has 0 radical (unpaired) electrons. The molecule has 0 bridgehead atoms. The van der Waals surface area contributed by atoms with Crippen LogP contribution in [0.3, 0.4) is 0 Å². The van der Waals surface area contributed by atoms with Crippen molar-refractivity contribution in [3.05, 3.63) is 15.6 Å². The average Bonchev–Trinajstić information content (AvgIpc) is 2.73. The van der Waals surface area contributed by atoms with Crippen molar-refractivity contribution < 1.29 is 0 Å². The second-order valence-electron chi connectivity index (χ2n) is 5.59. The Hall–Kier alpha value is -0.410. The van der Waals surface area contributed by atoms with E-state index in [2.05, 4.69) is 20.8 Å². The number of fused-ring (bicyclic) bond motifs is 1. The minimum absolute atomic E-state index is 0.223. The summed E-state index contributed by atoms with van der Waals surface area (Å²) < 4.78 is 0. The number of nitrogens with two attached hydrogens (primary N) is 1. The molecular formula is C13H22N2S. The third-order valence-corrected chi connectivity index (χ3v) is 4.76. The molecule has 1 aliphatic carbocycles. The number of thiazole rings is 1. The van der Waals surface area contributed by atoms with Crippen molar-refractivity contribution in [3.8, 4) is 0 Å². The molecule has 3 heteroatoms. The van der Waals surface area contributed by atoms with Crippen LogP contribution < -0.4 is 5.73 Å². The molecule has 2 N–H and O–H groups in total. The highest BCUT2D eigenvalue weighted by Crippen LogP contribution is 2.34. The predicted molar refractivity (Wildman–Crippen MR) is 69.8 cm³/mol. The first-order chi connectivity index (χ1) is 7.49. The SMILES string of the molecule is CC(C)CCC(C)(N)c1nc2c(s1)CCC2. The second-order valence-corrected chi connectivity index (χ2v) is 6.68. The Labute approximate surface area is 102 Å². The van der Waals surface area contributed by atoms with Crippen LogP contribution in [0.1, 0.15) is 55.6 Å². The van der Waals surface area contributed by atoms with Crippen molar-refractivity contribution in [1.82, 2.24) is 4.98 Å². The Morgan fingerprint density at radius 1 is 1.44 bits per heavy atom. The van der Waals surface area contributed by atoms with Gasteiger partial charge in [0.15, 0.2) is 0 Å². The fraction of sp³-hybridized carbons (Fsp3) is 0.769. The molecule has 16 heavy (non-hydrogen) atoms. The quantitative estimate of drug-likeness (QED) is 0.874. The van der Waals surface area contributed by atoms with E-state index in [1.54, 1.807) is 0 Å². The summed E-state index contributed by atoms with van der Waals surface area (Å²) in [7, 11) is 0. The van der Waals surface area contributed by atoms with Gasteiger partial charge in [-0.15, -0.1) is 11.3 Å². The molecule has 1 aromatic rings. The van der Waals surface area contributed by atoms with Gasteiger partial charge in [0.05, 0.1) is 11.2 Å². The van der Waals surface area contributed by atoms with E-state index in [4.69, 9.17) is 10.7 Å². The van der Waals surface area contributed by atoms with Gasteiger partial charge >= 0.3 is 0 Å². The highest BCUT2D eigenvalue weighted by atomic mass is 32.1. The number of hydrogen-bond donors (Lipinski definition) is 1. The van der Waals surface area contributed by atoms with Crippen molar-refractivity contribution in [3.63, 3.8) is 0 Å². The third-order valence-electron chi connectivity index (χ3n) is 3.33. The first kappa shape index (κ1) is 12.1. The smallest absolute Gasteiger partial charge is 0.113 e. The van der Waals surface area contributed by atoms with Gasteiger partial charge in [0, 0.05) is 4.88 Å². The van der Waals surface area contributed by atoms with Crippen molar-refractivity contribution in [2.24, 2.45) is 11.7 Å². The average molecular weight is 238 g/mol. The molecule has 0 aliphatic heterocycles. The Morgan fingerprint density at radius 2 is 2.19 bits per heavy atom. The van der Waals surface area contributed by atoms with Crippen LogP contribution in [0, 0.1) is 5.92 Å². The summed E-state index contributed by atoms with van der Waals surface area (Å²) in [6.45, 7) is 6.62. The number of nitrogens with zero attached hydrogens (tertiary/aromatic N) is 1. The molecule has 2 rings (SSSR count). The van der Waals surface area contributed by atoms with E-state index < -0.39 is 0 Å². The molecule has 1 atom stereocenters. The number of aryl methyl sites for hydroxylation is 2. The van der Waals surface area contributed by atoms with Crippen LogP contribution >= 0.6 is 11.3 Å². The molecule has 0 saturated carbocycles. The molecular weight excluding hydrogens is 216 g/mol. The predicted octanol–water partition coefficient (Wildman–Crippen LogP) is 3.24. The van der Waals surface area contributed by atoms with E-state index in [1.807, 2.05) is 11.3 Å². The highest BCUT2D eigenvalue weighted by molar-refractivity contribution is 7.12. The Balaban J connectivity index is 2.09. The van der Waals surface area contributed by atoms with Crippen molar-refractivity contribution in [2.45, 2.75) is 58.4 Å². The molecule has 0 aromatic carbocycles. The van der Waals surface area contributed by atoms with Crippen LogP contribution in [0.5, 0.6) is 0 Å². The summed E-state index contributed by atoms with van der Waals surface area (Å²) in [6, 6.07) is 0. The molecule has 2 nitrogen and oxygen atoms in total. The van der Waals surface area contributed by atoms with Crippen LogP contribution in [-0.2, 0) is 18.4 Å². The van der Waals surface area contributed by atoms with Crippen molar-refractivity contribution in [2.75, 3.05) is 0 Å². The van der Waals surface area contributed by atoms with Crippen LogP contribution in [0.2, 0.25) is 0 Å². The third kappa shape index (κ3) is 2.46. The lowest BCUT2D eigenvalue weighted by Crippen LogP contribution is -2.33. The molecule has 1 aliphatic rings. The summed E-state index contributed by atoms with van der Waals surface area (Å²) in [6.07, 6.45) is 5.87. The van der Waals surface area contributed by atoms with Gasteiger partial charge in [-0.25, -0.2) is 4.98 Å². The largest absolute Gasteiger partial charge is 0.320 e. The van der Waals surface area contributed by atoms with Crippen molar-refractivity contribution >= 4 is 11.3 Å². The molecule has 0 amide bonds. The van der Waals surface area contributed by atoms with E-state index in [-0.39, 0.29) is 5.54 Å². The van der Waals surface area contributed by atoms with Crippen LogP contribution in [0.15, 0.2) is 0 Å². The maximum atomic E-state index is 6.40. The van der Waals surface area contributed by atoms with Crippen LogP contribution in [-0.4, -0.2) is 4.98 Å². The molecule has 1 aromatic heterocycles. The summed E-state index contributed by atoms with van der Waals surface area (Å²) in [4.78, 5) is 6.22. The van der Waals surface area contributed by atoms with Gasteiger partial charge < -0.3 is 5.73 Å². The van der Waals surface area contributed by atoms with Gasteiger partial charge in [-0.05, 0) is 44.9 Å². The Bertz CT molecular complexity index is 345. The lowest BCUT2D eigenvalue weighted by Gasteiger charge is -2.23. The Morgan fingerprint density at radius 3 is 2.81 bits per heavy atom. The number of hydrogen-bond acceptors (Lipinski definition) is 3. The highest BCUT2D eigenvalue weighted by Gasteiger charge is 2.28. The fourth-order valence-electron chi connectivity index (χ4n) is 2.13. The first-order valence-corrected chi connectivity index (χ1v) is 7.08. The summed E-state index contributed by atoms with van der Waals surface area (Å²) in [5, 5.41) is 1.15. The van der Waals surface area contributed by atoms with Gasteiger partial charge in [-0.3, -0.25) is 0 Å². The molecule has 0 fully saturated rings. The van der Waals surface area contributed by atoms with E-state index in [1.165, 1.54) is 29.8 Å². The topological polar surface area (TPSA) is 38.9 Å². The van der Waals surface area contributed by atoms with Gasteiger partial charge in [-0.1, -0.05) is 13.8 Å². The first-order valence-electron chi connectivity index (χ1n) is 6.27. The summed E-state index contributed by atoms with van der Waals surface area (Å²) in [5.74, 6) is 0.717. The second kappa shape index (κ2) is 4.46. The molecule has 1 heterocycles. The monoisotopic (exact) mass is 238 g/mol. The van der Waals surface area contributed by atoms with E-state index >= 15 is 0 Å². The number of aromatic nitrogens is 1. The van der Waals surface area contributed by atoms with Gasteiger partial charge in [0.25, 0.3) is 0 Å². The van der Waals surface area contributed by atoms with Gasteiger partial charge in [-0.2, -0.15) is 0 Å². The summed E-state index contributed by atoms with van der Waals surface area (Å²) >= 11 is 1.84. The van der Waals surface area contributed by atoms with Gasteiger partial charge in [0.2, 0.25) is 0 Å². The Kier molecular flexibility index (Phi) is 3.36. The normalized spacial score (nSPS) is 18.8. The fourth-order valence-corrected chi connectivity index (χ4v) is 3.37. The molecule has 0 spiro atoms. The van der Waals surface area contributed by atoms with E-state index in [0.29, 0.717) is 0 Å². The lowest BCUT2D eigenvalue weighted by atomic mass is 9.93. The van der Waals surface area contributed by atoms with Crippen LogP contribution in [0.25, 0.3) is 0 Å². The molecule has 0 saturated heterocycles. The number of rotatable bonds is 4. The summed E-state index contributed by atoms with van der Waals surface area (Å²) in [5.41, 5.74) is 7.49. The van der Waals surface area contributed by atoms with Crippen molar-refractivity contribution in [1.29, 1.82) is 0 Å². The minimum atomic E-state index is -0.223. The maximum absolute atomic E-state index is 6.40.